The second-order valence-electron chi connectivity index (χ2n) is 4.23. The van der Waals surface area contributed by atoms with E-state index in [0.717, 1.165) is 3.57 Å². The number of carboxylic acids is 1. The monoisotopic (exact) mass is 361 g/mol. The zero-order valence-corrected chi connectivity index (χ0v) is 12.3. The molecule has 18 heavy (non-hydrogen) atoms. The van der Waals surface area contributed by atoms with Crippen LogP contribution in [0.5, 0.6) is 0 Å². The lowest BCUT2D eigenvalue weighted by Crippen LogP contribution is -2.29. The van der Waals surface area contributed by atoms with E-state index in [9.17, 15) is 9.59 Å². The van der Waals surface area contributed by atoms with Crippen LogP contribution in [-0.2, 0) is 4.79 Å². The van der Waals surface area contributed by atoms with E-state index in [1.165, 1.54) is 0 Å². The van der Waals surface area contributed by atoms with Crippen LogP contribution in [0, 0.1) is 9.49 Å². The average molecular weight is 361 g/mol. The summed E-state index contributed by atoms with van der Waals surface area (Å²) in [5, 5.41) is 11.4. The highest BCUT2D eigenvalue weighted by molar-refractivity contribution is 14.1. The maximum absolute atomic E-state index is 11.9. The van der Waals surface area contributed by atoms with E-state index in [1.54, 1.807) is 6.07 Å². The Morgan fingerprint density at radius 1 is 1.39 bits per heavy atom. The summed E-state index contributed by atoms with van der Waals surface area (Å²) < 4.78 is 0.908. The minimum Gasteiger partial charge on any atom is -0.481 e. The molecular formula is C13H16INO3. The van der Waals surface area contributed by atoms with Gasteiger partial charge in [0.05, 0.1) is 5.56 Å². The number of aliphatic carboxylic acids is 1. The Kier molecular flexibility index (Phi) is 6.11. The largest absolute Gasteiger partial charge is 0.481 e. The van der Waals surface area contributed by atoms with Gasteiger partial charge in [-0.15, -0.1) is 0 Å². The van der Waals surface area contributed by atoms with Crippen molar-refractivity contribution < 1.29 is 14.7 Å². The lowest BCUT2D eigenvalue weighted by molar-refractivity contribution is -0.137. The predicted octanol–water partition coefficient (Wildman–Crippen LogP) is 2.52. The molecule has 0 saturated heterocycles. The van der Waals surface area contributed by atoms with Gasteiger partial charge in [-0.3, -0.25) is 9.59 Å². The number of hydrogen-bond acceptors (Lipinski definition) is 2. The number of amides is 1. The fraction of sp³-hybridized carbons (Fsp3) is 0.385. The van der Waals surface area contributed by atoms with Crippen LogP contribution in [0.2, 0.25) is 0 Å². The van der Waals surface area contributed by atoms with E-state index in [1.807, 2.05) is 25.1 Å². The summed E-state index contributed by atoms with van der Waals surface area (Å²) in [6.45, 7) is 2.43. The first-order valence-electron chi connectivity index (χ1n) is 5.75. The van der Waals surface area contributed by atoms with E-state index in [4.69, 9.17) is 5.11 Å². The molecule has 1 aromatic carbocycles. The number of rotatable bonds is 6. The standard InChI is InChI=1S/C13H16INO3/c1-9(6-7-12(16)17)8-15-13(18)10-4-2-3-5-11(10)14/h2-5,9H,6-8H2,1H3,(H,15,18)(H,16,17). The van der Waals surface area contributed by atoms with Crippen LogP contribution in [-0.4, -0.2) is 23.5 Å². The SMILES string of the molecule is CC(CCC(=O)O)CNC(=O)c1ccccc1I. The molecule has 0 radical (unpaired) electrons. The zero-order valence-electron chi connectivity index (χ0n) is 10.1. The summed E-state index contributed by atoms with van der Waals surface area (Å²) in [6, 6.07) is 7.36. The van der Waals surface area contributed by atoms with Crippen LogP contribution >= 0.6 is 22.6 Å². The average Bonchev–Trinajstić information content (AvgIpc) is 2.34. The lowest BCUT2D eigenvalue weighted by atomic mass is 10.1. The smallest absolute Gasteiger partial charge is 0.303 e. The molecule has 1 atom stereocenters. The van der Waals surface area contributed by atoms with Gasteiger partial charge in [0, 0.05) is 16.5 Å². The second-order valence-corrected chi connectivity index (χ2v) is 5.39. The molecule has 0 aliphatic carbocycles. The van der Waals surface area contributed by atoms with Gasteiger partial charge >= 0.3 is 5.97 Å². The zero-order chi connectivity index (χ0) is 13.5. The first-order valence-corrected chi connectivity index (χ1v) is 6.83. The van der Waals surface area contributed by atoms with Crippen molar-refractivity contribution in [2.45, 2.75) is 19.8 Å². The molecule has 0 fully saturated rings. The van der Waals surface area contributed by atoms with Gasteiger partial charge in [-0.25, -0.2) is 0 Å². The van der Waals surface area contributed by atoms with Crippen molar-refractivity contribution in [3.05, 3.63) is 33.4 Å². The van der Waals surface area contributed by atoms with Gasteiger partial charge in [0.15, 0.2) is 0 Å². The summed E-state index contributed by atoms with van der Waals surface area (Å²) in [4.78, 5) is 22.3. The molecule has 1 unspecified atom stereocenters. The first kappa shape index (κ1) is 14.9. The molecule has 0 aromatic heterocycles. The third-order valence-electron chi connectivity index (χ3n) is 2.58. The van der Waals surface area contributed by atoms with E-state index < -0.39 is 5.97 Å². The fourth-order valence-corrected chi connectivity index (χ4v) is 2.11. The Bertz CT molecular complexity index is 434. The Morgan fingerprint density at radius 2 is 2.06 bits per heavy atom. The maximum atomic E-state index is 11.9. The highest BCUT2D eigenvalue weighted by atomic mass is 127. The van der Waals surface area contributed by atoms with Crippen LogP contribution in [0.1, 0.15) is 30.1 Å². The van der Waals surface area contributed by atoms with Gasteiger partial charge in [-0.1, -0.05) is 19.1 Å². The van der Waals surface area contributed by atoms with Gasteiger partial charge in [0.1, 0.15) is 0 Å². The molecule has 0 saturated carbocycles. The highest BCUT2D eigenvalue weighted by Gasteiger charge is 2.11. The normalized spacial score (nSPS) is 11.9. The Morgan fingerprint density at radius 3 is 2.67 bits per heavy atom. The number of carbonyl (C=O) groups excluding carboxylic acids is 1. The van der Waals surface area contributed by atoms with E-state index in [2.05, 4.69) is 27.9 Å². The molecule has 0 heterocycles. The fourth-order valence-electron chi connectivity index (χ4n) is 1.48. The minimum atomic E-state index is -0.800. The van der Waals surface area contributed by atoms with Gasteiger partial charge in [0.25, 0.3) is 5.91 Å². The Balaban J connectivity index is 2.42. The molecule has 4 nitrogen and oxygen atoms in total. The maximum Gasteiger partial charge on any atom is 0.303 e. The van der Waals surface area contributed by atoms with E-state index in [-0.39, 0.29) is 18.2 Å². The summed E-state index contributed by atoms with van der Waals surface area (Å²) in [7, 11) is 0. The van der Waals surface area contributed by atoms with Gasteiger partial charge in [0.2, 0.25) is 0 Å². The molecule has 0 aliphatic heterocycles. The molecule has 98 valence electrons. The van der Waals surface area contributed by atoms with E-state index in [0.29, 0.717) is 18.5 Å². The Labute approximate surface area is 120 Å². The van der Waals surface area contributed by atoms with Crippen molar-refractivity contribution >= 4 is 34.5 Å². The topological polar surface area (TPSA) is 66.4 Å². The number of nitrogens with one attached hydrogen (secondary N) is 1. The molecule has 0 spiro atoms. The number of halogens is 1. The molecule has 2 N–H and O–H groups in total. The molecule has 5 heteroatoms. The minimum absolute atomic E-state index is 0.109. The molecule has 1 aromatic rings. The summed E-state index contributed by atoms with van der Waals surface area (Å²) in [5.41, 5.74) is 0.656. The summed E-state index contributed by atoms with van der Waals surface area (Å²) >= 11 is 2.12. The van der Waals surface area contributed by atoms with Crippen molar-refractivity contribution in [1.82, 2.24) is 5.32 Å². The Hall–Kier alpha value is -1.11. The number of hydrogen-bond donors (Lipinski definition) is 2. The molecular weight excluding hydrogens is 345 g/mol. The van der Waals surface area contributed by atoms with Gasteiger partial charge < -0.3 is 10.4 Å². The van der Waals surface area contributed by atoms with Crippen molar-refractivity contribution in [3.8, 4) is 0 Å². The molecule has 0 aliphatic rings. The third kappa shape index (κ3) is 5.03. The van der Waals surface area contributed by atoms with Crippen LogP contribution in [0.4, 0.5) is 0 Å². The third-order valence-corrected chi connectivity index (χ3v) is 3.52. The van der Waals surface area contributed by atoms with Crippen LogP contribution in [0.3, 0.4) is 0 Å². The van der Waals surface area contributed by atoms with Crippen molar-refractivity contribution in [2.75, 3.05) is 6.54 Å². The number of benzene rings is 1. The first-order chi connectivity index (χ1) is 8.50. The number of carbonyl (C=O) groups is 2. The molecule has 1 amide bonds. The summed E-state index contributed by atoms with van der Waals surface area (Å²) in [6.07, 6.45) is 0.710. The van der Waals surface area contributed by atoms with Crippen molar-refractivity contribution in [1.29, 1.82) is 0 Å². The van der Waals surface area contributed by atoms with Crippen LogP contribution < -0.4 is 5.32 Å². The van der Waals surface area contributed by atoms with Crippen LogP contribution in [0.25, 0.3) is 0 Å². The second kappa shape index (κ2) is 7.35. The highest BCUT2D eigenvalue weighted by Crippen LogP contribution is 2.11. The predicted molar refractivity (Wildman–Crippen MR) is 77.5 cm³/mol. The van der Waals surface area contributed by atoms with Crippen molar-refractivity contribution in [2.24, 2.45) is 5.92 Å². The molecule has 0 bridgehead atoms. The lowest BCUT2D eigenvalue weighted by Gasteiger charge is -2.12. The van der Waals surface area contributed by atoms with Gasteiger partial charge in [-0.2, -0.15) is 0 Å². The summed E-state index contributed by atoms with van der Waals surface area (Å²) in [5.74, 6) is -0.751. The van der Waals surface area contributed by atoms with E-state index >= 15 is 0 Å². The quantitative estimate of drug-likeness (QED) is 0.766. The van der Waals surface area contributed by atoms with Gasteiger partial charge in [-0.05, 0) is 47.1 Å². The molecule has 1 rings (SSSR count). The van der Waals surface area contributed by atoms with Crippen molar-refractivity contribution in [3.63, 3.8) is 0 Å². The number of carboxylic acid groups (broad SMARTS) is 1. The van der Waals surface area contributed by atoms with Crippen LogP contribution in [0.15, 0.2) is 24.3 Å².